The van der Waals surface area contributed by atoms with Crippen molar-refractivity contribution in [1.29, 1.82) is 0 Å². The smallest absolute Gasteiger partial charge is 0.341 e. The van der Waals surface area contributed by atoms with Gasteiger partial charge in [0, 0.05) is 38.0 Å². The van der Waals surface area contributed by atoms with Crippen LogP contribution in [0.3, 0.4) is 0 Å². The molecule has 5 rings (SSSR count). The molecular weight excluding hydrogens is 408 g/mol. The Labute approximate surface area is 187 Å². The van der Waals surface area contributed by atoms with Crippen molar-refractivity contribution in [2.24, 2.45) is 11.8 Å². The molecule has 1 N–H and O–H groups in total. The number of aromatic nitrogens is 1. The van der Waals surface area contributed by atoms with Crippen LogP contribution in [0.5, 0.6) is 5.75 Å². The van der Waals surface area contributed by atoms with Gasteiger partial charge in [-0.3, -0.25) is 14.5 Å². The van der Waals surface area contributed by atoms with Crippen LogP contribution < -0.4 is 15.2 Å². The van der Waals surface area contributed by atoms with Crippen LogP contribution in [0.2, 0.25) is 0 Å². The summed E-state index contributed by atoms with van der Waals surface area (Å²) in [5.41, 5.74) is 2.04. The van der Waals surface area contributed by atoms with Gasteiger partial charge >= 0.3 is 5.97 Å². The molecule has 0 radical (unpaired) electrons. The van der Waals surface area contributed by atoms with Crippen molar-refractivity contribution in [3.63, 3.8) is 0 Å². The Morgan fingerprint density at radius 2 is 2.00 bits per heavy atom. The summed E-state index contributed by atoms with van der Waals surface area (Å²) in [6.45, 7) is 5.65. The zero-order valence-corrected chi connectivity index (χ0v) is 18.8. The molecule has 1 aliphatic carbocycles. The van der Waals surface area contributed by atoms with Crippen molar-refractivity contribution in [2.75, 3.05) is 25.3 Å². The topological polar surface area (TPSA) is 81.0 Å². The minimum atomic E-state index is -1.19. The molecule has 2 fully saturated rings. The van der Waals surface area contributed by atoms with Crippen molar-refractivity contribution in [2.45, 2.75) is 51.1 Å². The molecule has 1 saturated carbocycles. The van der Waals surface area contributed by atoms with Gasteiger partial charge in [-0.15, -0.1) is 0 Å². The second-order valence-electron chi connectivity index (χ2n) is 9.84. The number of benzene rings is 1. The fourth-order valence-electron chi connectivity index (χ4n) is 5.64. The van der Waals surface area contributed by atoms with Gasteiger partial charge in [0.15, 0.2) is 5.43 Å². The maximum Gasteiger partial charge on any atom is 0.341 e. The maximum atomic E-state index is 12.6. The first-order valence-corrected chi connectivity index (χ1v) is 11.4. The van der Waals surface area contributed by atoms with Crippen LogP contribution in [0.15, 0.2) is 35.3 Å². The first-order chi connectivity index (χ1) is 15.3. The highest BCUT2D eigenvalue weighted by molar-refractivity contribution is 5.88. The Kier molecular flexibility index (Phi) is 5.04. The van der Waals surface area contributed by atoms with E-state index in [4.69, 9.17) is 9.47 Å². The molecule has 7 nitrogen and oxygen atoms in total. The van der Waals surface area contributed by atoms with Crippen molar-refractivity contribution in [3.8, 4) is 17.0 Å². The second kappa shape index (κ2) is 7.66. The lowest BCUT2D eigenvalue weighted by Gasteiger charge is -2.45. The van der Waals surface area contributed by atoms with Gasteiger partial charge in [0.2, 0.25) is 0 Å². The Morgan fingerprint density at radius 1 is 1.22 bits per heavy atom. The highest BCUT2D eigenvalue weighted by Gasteiger charge is 2.54. The van der Waals surface area contributed by atoms with Crippen molar-refractivity contribution in [3.05, 3.63) is 51.8 Å². The van der Waals surface area contributed by atoms with Gasteiger partial charge < -0.3 is 14.6 Å². The van der Waals surface area contributed by atoms with E-state index >= 15 is 0 Å². The lowest BCUT2D eigenvalue weighted by Crippen LogP contribution is -2.50. The number of carboxylic acids is 1. The van der Waals surface area contributed by atoms with Crippen LogP contribution in [-0.2, 0) is 4.74 Å². The molecule has 0 bridgehead atoms. The third-order valence-corrected chi connectivity index (χ3v) is 7.13. The lowest BCUT2D eigenvalue weighted by atomic mass is 9.84. The Morgan fingerprint density at radius 3 is 2.69 bits per heavy atom. The summed E-state index contributed by atoms with van der Waals surface area (Å²) in [6, 6.07) is 7.66. The number of rotatable bonds is 7. The van der Waals surface area contributed by atoms with Crippen LogP contribution in [0.4, 0.5) is 0 Å². The third-order valence-electron chi connectivity index (χ3n) is 7.13. The van der Waals surface area contributed by atoms with Gasteiger partial charge in [0.25, 0.3) is 0 Å². The number of ether oxygens (including phenoxy) is 2. The first-order valence-electron chi connectivity index (χ1n) is 11.4. The molecule has 2 aliphatic heterocycles. The molecule has 1 aromatic carbocycles. The van der Waals surface area contributed by atoms with E-state index in [1.165, 1.54) is 30.7 Å². The van der Waals surface area contributed by atoms with E-state index in [2.05, 4.69) is 24.9 Å². The Balaban J connectivity index is 1.65. The molecule has 32 heavy (non-hydrogen) atoms. The molecular formula is C25H30N2O5. The first kappa shape index (κ1) is 21.1. The van der Waals surface area contributed by atoms with Gasteiger partial charge in [-0.1, -0.05) is 0 Å². The summed E-state index contributed by atoms with van der Waals surface area (Å²) in [5, 5.41) is 11.9. The monoisotopic (exact) mass is 438 g/mol. The van der Waals surface area contributed by atoms with Gasteiger partial charge in [-0.05, 0) is 68.7 Å². The van der Waals surface area contributed by atoms with E-state index < -0.39 is 11.4 Å². The van der Waals surface area contributed by atoms with Gasteiger partial charge in [0.1, 0.15) is 11.3 Å². The molecule has 1 aromatic heterocycles. The zero-order valence-electron chi connectivity index (χ0n) is 18.8. The summed E-state index contributed by atoms with van der Waals surface area (Å²) in [5.74, 6) is 0.789. The molecule has 2 atom stereocenters. The van der Waals surface area contributed by atoms with Crippen molar-refractivity contribution < 1.29 is 19.4 Å². The van der Waals surface area contributed by atoms with Crippen LogP contribution in [0.25, 0.3) is 11.3 Å². The summed E-state index contributed by atoms with van der Waals surface area (Å²) in [6.07, 6.45) is 5.84. The van der Waals surface area contributed by atoms with E-state index in [1.54, 1.807) is 7.11 Å². The lowest BCUT2D eigenvalue weighted by molar-refractivity contribution is 0.0694. The minimum Gasteiger partial charge on any atom is -0.493 e. The molecule has 2 aromatic rings. The molecule has 7 heteroatoms. The van der Waals surface area contributed by atoms with Crippen LogP contribution in [0.1, 0.15) is 61.5 Å². The number of nitrogens with zero attached hydrogens (tertiary/aromatic N) is 2. The number of hydrogen-bond donors (Lipinski definition) is 1. The number of carbonyl (C=O) groups is 1. The van der Waals surface area contributed by atoms with Crippen LogP contribution >= 0.6 is 0 Å². The molecule has 170 valence electrons. The molecule has 1 saturated heterocycles. The number of pyridine rings is 1. The van der Waals surface area contributed by atoms with E-state index in [0.717, 1.165) is 29.8 Å². The normalized spacial score (nSPS) is 22.8. The van der Waals surface area contributed by atoms with E-state index in [1.807, 2.05) is 16.8 Å². The van der Waals surface area contributed by atoms with Crippen LogP contribution in [-0.4, -0.2) is 41.6 Å². The number of carboxylic acid groups (broad SMARTS) is 1. The minimum absolute atomic E-state index is 0.117. The summed E-state index contributed by atoms with van der Waals surface area (Å²) in [4.78, 5) is 24.3. The van der Waals surface area contributed by atoms with Crippen molar-refractivity contribution >= 4 is 5.97 Å². The number of aromatic carboxylic acids is 1. The quantitative estimate of drug-likeness (QED) is 0.662. The van der Waals surface area contributed by atoms with Crippen LogP contribution in [0, 0.1) is 11.8 Å². The van der Waals surface area contributed by atoms with Gasteiger partial charge in [-0.25, -0.2) is 4.79 Å². The van der Waals surface area contributed by atoms with E-state index in [0.29, 0.717) is 25.0 Å². The SMILES string of the molecule is COCCCOc1ccc2c(c1)[C@H]1C(C3CC3)CC(C)(C)N1n1cc(C(=O)O)c(=O)cc1-2. The molecule has 3 aliphatic rings. The Hall–Kier alpha value is -2.80. The molecule has 0 amide bonds. The summed E-state index contributed by atoms with van der Waals surface area (Å²) >= 11 is 0. The maximum absolute atomic E-state index is 12.6. The highest BCUT2D eigenvalue weighted by atomic mass is 16.5. The summed E-state index contributed by atoms with van der Waals surface area (Å²) < 4.78 is 13.0. The Bertz CT molecular complexity index is 1120. The second-order valence-corrected chi connectivity index (χ2v) is 9.84. The average molecular weight is 439 g/mol. The largest absolute Gasteiger partial charge is 0.493 e. The molecule has 1 unspecified atom stereocenters. The van der Waals surface area contributed by atoms with Gasteiger partial charge in [-0.2, -0.15) is 0 Å². The fraction of sp³-hybridized carbons (Fsp3) is 0.520. The number of methoxy groups -OCH3 is 1. The molecule has 0 spiro atoms. The standard InChI is InChI=1S/C25H30N2O5/c1-25(2)13-19(15-5-6-15)23-18-11-16(32-10-4-9-31-3)7-8-17(18)21-12-22(28)20(24(29)30)14-26(21)27(23)25/h7-8,11-12,14-15,19,23H,4-6,9-10,13H2,1-3H3,(H,29,30)/t19?,23-/m0/s1. The van der Waals surface area contributed by atoms with E-state index in [9.17, 15) is 14.7 Å². The van der Waals surface area contributed by atoms with Crippen molar-refractivity contribution in [1.82, 2.24) is 4.68 Å². The third kappa shape index (κ3) is 3.39. The summed E-state index contributed by atoms with van der Waals surface area (Å²) in [7, 11) is 1.68. The fourth-order valence-corrected chi connectivity index (χ4v) is 5.64. The van der Waals surface area contributed by atoms with E-state index in [-0.39, 0.29) is 17.1 Å². The highest BCUT2D eigenvalue weighted by Crippen LogP contribution is 2.58. The predicted octanol–water partition coefficient (Wildman–Crippen LogP) is 3.83. The number of fused-ring (bicyclic) bond motifs is 6. The average Bonchev–Trinajstić information content (AvgIpc) is 3.55. The van der Waals surface area contributed by atoms with Gasteiger partial charge in [0.05, 0.1) is 23.9 Å². The number of hydrogen-bond acceptors (Lipinski definition) is 5. The molecule has 3 heterocycles. The zero-order chi connectivity index (χ0) is 22.6. The predicted molar refractivity (Wildman–Crippen MR) is 121 cm³/mol.